The second-order valence-corrected chi connectivity index (χ2v) is 4.91. The van der Waals surface area contributed by atoms with Gasteiger partial charge in [0.15, 0.2) is 0 Å². The summed E-state index contributed by atoms with van der Waals surface area (Å²) >= 11 is 0. The number of carbonyl (C=O) groups is 2. The molecule has 0 saturated carbocycles. The first kappa shape index (κ1) is 15.8. The average molecular weight is 301 g/mol. The van der Waals surface area contributed by atoms with E-state index in [0.717, 1.165) is 11.8 Å². The van der Waals surface area contributed by atoms with E-state index in [0.29, 0.717) is 11.8 Å². The monoisotopic (exact) mass is 301 g/mol. The highest BCUT2D eigenvalue weighted by molar-refractivity contribution is 6.03. The van der Waals surface area contributed by atoms with Gasteiger partial charge in [-0.15, -0.1) is 0 Å². The van der Waals surface area contributed by atoms with Gasteiger partial charge in [0.05, 0.1) is 12.1 Å². The number of esters is 1. The van der Waals surface area contributed by atoms with E-state index in [1.807, 2.05) is 19.1 Å². The van der Waals surface area contributed by atoms with Crippen LogP contribution in [0, 0.1) is 0 Å². The van der Waals surface area contributed by atoms with Gasteiger partial charge in [-0.3, -0.25) is 9.59 Å². The number of fused-ring (bicyclic) bond motifs is 1. The molecule has 0 aliphatic heterocycles. The van der Waals surface area contributed by atoms with Gasteiger partial charge in [-0.25, -0.2) is 0 Å². The van der Waals surface area contributed by atoms with Crippen LogP contribution in [0.2, 0.25) is 0 Å². The predicted octanol–water partition coefficient (Wildman–Crippen LogP) is 2.62. The Kier molecular flexibility index (Phi) is 5.36. The van der Waals surface area contributed by atoms with Gasteiger partial charge >= 0.3 is 5.97 Å². The highest BCUT2D eigenvalue weighted by Gasteiger charge is 2.13. The van der Waals surface area contributed by atoms with Crippen molar-refractivity contribution in [3.05, 3.63) is 42.0 Å². The second-order valence-electron chi connectivity index (χ2n) is 4.91. The van der Waals surface area contributed by atoms with E-state index in [1.54, 1.807) is 24.3 Å². The fraction of sp³-hybridized carbons (Fsp3) is 0.294. The van der Waals surface area contributed by atoms with Gasteiger partial charge in [0.2, 0.25) is 0 Å². The van der Waals surface area contributed by atoms with Gasteiger partial charge in [0.25, 0.3) is 5.91 Å². The zero-order chi connectivity index (χ0) is 15.9. The molecule has 5 heteroatoms. The minimum absolute atomic E-state index is 0.0430. The molecule has 0 bridgehead atoms. The molecule has 0 aromatic heterocycles. The van der Waals surface area contributed by atoms with E-state index in [1.165, 1.54) is 0 Å². The number of phenolic OH excluding ortho intramolecular Hbond substituents is 1. The van der Waals surface area contributed by atoms with E-state index < -0.39 is 5.91 Å². The minimum atomic E-state index is -0.394. The minimum Gasteiger partial charge on any atom is -0.506 e. The van der Waals surface area contributed by atoms with E-state index >= 15 is 0 Å². The van der Waals surface area contributed by atoms with Crippen molar-refractivity contribution < 1.29 is 19.4 Å². The first-order valence-corrected chi connectivity index (χ1v) is 7.28. The summed E-state index contributed by atoms with van der Waals surface area (Å²) in [6.45, 7) is 2.23. The number of aromatic hydroxyl groups is 1. The largest absolute Gasteiger partial charge is 0.506 e. The van der Waals surface area contributed by atoms with Crippen LogP contribution in [-0.2, 0) is 9.53 Å². The molecule has 5 nitrogen and oxygen atoms in total. The first-order valence-electron chi connectivity index (χ1n) is 7.28. The van der Waals surface area contributed by atoms with E-state index in [2.05, 4.69) is 5.32 Å². The molecule has 1 amide bonds. The molecular weight excluding hydrogens is 282 g/mol. The van der Waals surface area contributed by atoms with Crippen LogP contribution in [0.3, 0.4) is 0 Å². The molecule has 0 fully saturated rings. The molecule has 22 heavy (non-hydrogen) atoms. The average Bonchev–Trinajstić information content (AvgIpc) is 2.52. The Morgan fingerprint density at radius 1 is 1.18 bits per heavy atom. The third-order valence-electron chi connectivity index (χ3n) is 3.25. The van der Waals surface area contributed by atoms with Crippen molar-refractivity contribution in [2.45, 2.75) is 19.8 Å². The lowest BCUT2D eigenvalue weighted by atomic mass is 10.0. The molecule has 0 aliphatic rings. The lowest BCUT2D eigenvalue weighted by molar-refractivity contribution is -0.143. The Morgan fingerprint density at radius 3 is 2.73 bits per heavy atom. The highest BCUT2D eigenvalue weighted by Crippen LogP contribution is 2.28. The Labute approximate surface area is 128 Å². The number of hydrogen-bond donors (Lipinski definition) is 2. The molecular formula is C17H19NO4. The first-order chi connectivity index (χ1) is 10.6. The van der Waals surface area contributed by atoms with E-state index in [4.69, 9.17) is 4.74 Å². The van der Waals surface area contributed by atoms with Crippen LogP contribution in [0.4, 0.5) is 0 Å². The zero-order valence-electron chi connectivity index (χ0n) is 12.5. The number of rotatable bonds is 6. The van der Waals surface area contributed by atoms with Crippen LogP contribution in [0.25, 0.3) is 10.8 Å². The van der Waals surface area contributed by atoms with E-state index in [-0.39, 0.29) is 30.4 Å². The number of benzene rings is 2. The SMILES string of the molecule is CCCC(=O)OCCNC(=O)c1ccc2ccccc2c1O. The van der Waals surface area contributed by atoms with Crippen molar-refractivity contribution in [1.29, 1.82) is 0 Å². The number of hydrogen-bond acceptors (Lipinski definition) is 4. The Bertz CT molecular complexity index is 681. The molecule has 0 unspecified atom stereocenters. The summed E-state index contributed by atoms with van der Waals surface area (Å²) in [5.74, 6) is -0.710. The van der Waals surface area contributed by atoms with Crippen LogP contribution in [0.15, 0.2) is 36.4 Å². The number of nitrogens with one attached hydrogen (secondary N) is 1. The Hall–Kier alpha value is -2.56. The molecule has 2 N–H and O–H groups in total. The zero-order valence-corrected chi connectivity index (χ0v) is 12.5. The molecule has 0 atom stereocenters. The van der Waals surface area contributed by atoms with Crippen molar-refractivity contribution in [2.75, 3.05) is 13.2 Å². The summed E-state index contributed by atoms with van der Waals surface area (Å²) in [5, 5.41) is 14.3. The van der Waals surface area contributed by atoms with Crippen molar-refractivity contribution in [1.82, 2.24) is 5.32 Å². The lowest BCUT2D eigenvalue weighted by Crippen LogP contribution is -2.28. The normalized spacial score (nSPS) is 10.4. The van der Waals surface area contributed by atoms with Gasteiger partial charge in [0, 0.05) is 11.8 Å². The van der Waals surface area contributed by atoms with Gasteiger partial charge < -0.3 is 15.2 Å². The topological polar surface area (TPSA) is 75.6 Å². The van der Waals surface area contributed by atoms with Crippen LogP contribution in [-0.4, -0.2) is 30.1 Å². The summed E-state index contributed by atoms with van der Waals surface area (Å²) < 4.78 is 4.95. The molecule has 2 rings (SSSR count). The van der Waals surface area contributed by atoms with Gasteiger partial charge in [-0.05, 0) is 17.9 Å². The summed E-state index contributed by atoms with van der Waals surface area (Å²) in [5.41, 5.74) is 0.207. The Morgan fingerprint density at radius 2 is 1.95 bits per heavy atom. The number of phenols is 1. The lowest BCUT2D eigenvalue weighted by Gasteiger charge is -2.09. The van der Waals surface area contributed by atoms with Crippen LogP contribution >= 0.6 is 0 Å². The van der Waals surface area contributed by atoms with Crippen molar-refractivity contribution in [3.8, 4) is 5.75 Å². The molecule has 0 heterocycles. The maximum absolute atomic E-state index is 12.1. The quantitative estimate of drug-likeness (QED) is 0.635. The predicted molar refractivity (Wildman–Crippen MR) is 83.8 cm³/mol. The molecule has 116 valence electrons. The molecule has 0 radical (unpaired) electrons. The Balaban J connectivity index is 1.96. The molecule has 2 aromatic carbocycles. The number of ether oxygens (including phenoxy) is 1. The standard InChI is InChI=1S/C17H19NO4/c1-2-5-15(19)22-11-10-18-17(21)14-9-8-12-6-3-4-7-13(12)16(14)20/h3-4,6-9,20H,2,5,10-11H2,1H3,(H,18,21). The molecule has 0 aliphatic carbocycles. The van der Waals surface area contributed by atoms with Gasteiger partial charge in [-0.2, -0.15) is 0 Å². The fourth-order valence-corrected chi connectivity index (χ4v) is 2.14. The maximum atomic E-state index is 12.1. The summed E-state index contributed by atoms with van der Waals surface area (Å²) in [6, 6.07) is 10.7. The van der Waals surface area contributed by atoms with Crippen molar-refractivity contribution in [2.24, 2.45) is 0 Å². The summed E-state index contributed by atoms with van der Waals surface area (Å²) in [7, 11) is 0. The highest BCUT2D eigenvalue weighted by atomic mass is 16.5. The summed E-state index contributed by atoms with van der Waals surface area (Å²) in [4.78, 5) is 23.3. The maximum Gasteiger partial charge on any atom is 0.305 e. The smallest absolute Gasteiger partial charge is 0.305 e. The van der Waals surface area contributed by atoms with Crippen molar-refractivity contribution in [3.63, 3.8) is 0 Å². The summed E-state index contributed by atoms with van der Waals surface area (Å²) in [6.07, 6.45) is 1.11. The van der Waals surface area contributed by atoms with E-state index in [9.17, 15) is 14.7 Å². The molecule has 2 aromatic rings. The third kappa shape index (κ3) is 3.75. The fourth-order valence-electron chi connectivity index (χ4n) is 2.14. The van der Waals surface area contributed by atoms with Gasteiger partial charge in [-0.1, -0.05) is 37.3 Å². The van der Waals surface area contributed by atoms with Crippen LogP contribution in [0.5, 0.6) is 5.75 Å². The van der Waals surface area contributed by atoms with Crippen LogP contribution in [0.1, 0.15) is 30.1 Å². The second kappa shape index (κ2) is 7.45. The number of amides is 1. The molecule has 0 saturated heterocycles. The third-order valence-corrected chi connectivity index (χ3v) is 3.25. The number of carbonyl (C=O) groups excluding carboxylic acids is 2. The van der Waals surface area contributed by atoms with Crippen molar-refractivity contribution >= 4 is 22.6 Å². The van der Waals surface area contributed by atoms with Crippen LogP contribution < -0.4 is 5.32 Å². The molecule has 0 spiro atoms. The van der Waals surface area contributed by atoms with Gasteiger partial charge in [0.1, 0.15) is 12.4 Å².